The lowest BCUT2D eigenvalue weighted by atomic mass is 9.86. The van der Waals surface area contributed by atoms with Gasteiger partial charge in [0.1, 0.15) is 0 Å². The first-order valence-electron chi connectivity index (χ1n) is 9.77. The zero-order valence-electron chi connectivity index (χ0n) is 15.1. The quantitative estimate of drug-likeness (QED) is 0.845. The Hall–Kier alpha value is -1.84. The number of benzene rings is 1. The molecule has 2 aliphatic carbocycles. The number of nitrogens with zero attached hydrogens (tertiary/aromatic N) is 2. The molecule has 0 spiro atoms. The molecule has 1 aromatic carbocycles. The smallest absolute Gasteiger partial charge is 0.230 e. The van der Waals surface area contributed by atoms with E-state index in [2.05, 4.69) is 17.0 Å². The highest BCUT2D eigenvalue weighted by molar-refractivity contribution is 5.96. The van der Waals surface area contributed by atoms with Gasteiger partial charge in [-0.1, -0.05) is 24.6 Å². The first kappa shape index (κ1) is 16.6. The van der Waals surface area contributed by atoms with Gasteiger partial charge in [0.25, 0.3) is 0 Å². The molecule has 1 aromatic rings. The van der Waals surface area contributed by atoms with Crippen LogP contribution >= 0.6 is 0 Å². The third-order valence-electron chi connectivity index (χ3n) is 6.60. The molecule has 25 heavy (non-hydrogen) atoms. The third-order valence-corrected chi connectivity index (χ3v) is 6.60. The van der Waals surface area contributed by atoms with Crippen LogP contribution in [0.2, 0.25) is 0 Å². The summed E-state index contributed by atoms with van der Waals surface area (Å²) in [5, 5.41) is 0. The van der Waals surface area contributed by atoms with E-state index in [4.69, 9.17) is 0 Å². The van der Waals surface area contributed by atoms with Crippen molar-refractivity contribution < 1.29 is 9.59 Å². The normalized spacial score (nSPS) is 29.0. The van der Waals surface area contributed by atoms with Crippen LogP contribution in [0.3, 0.4) is 0 Å². The molecule has 0 N–H and O–H groups in total. The first-order chi connectivity index (χ1) is 12.1. The van der Waals surface area contributed by atoms with Crippen molar-refractivity contribution >= 4 is 17.5 Å². The second kappa shape index (κ2) is 6.81. The van der Waals surface area contributed by atoms with Gasteiger partial charge in [0.05, 0.1) is 0 Å². The number of hydrogen-bond acceptors (Lipinski definition) is 2. The number of carbonyl (C=O) groups excluding carboxylic acids is 2. The van der Waals surface area contributed by atoms with E-state index in [1.54, 1.807) is 6.92 Å². The van der Waals surface area contributed by atoms with Crippen LogP contribution in [0, 0.1) is 17.8 Å². The lowest BCUT2D eigenvalue weighted by molar-refractivity contribution is -0.130. The number of fused-ring (bicyclic) bond motifs is 2. The van der Waals surface area contributed by atoms with Gasteiger partial charge in [0, 0.05) is 37.7 Å². The van der Waals surface area contributed by atoms with Gasteiger partial charge >= 0.3 is 0 Å². The van der Waals surface area contributed by atoms with Crippen LogP contribution in [0.25, 0.3) is 0 Å². The van der Waals surface area contributed by atoms with Crippen molar-refractivity contribution in [3.63, 3.8) is 0 Å². The average Bonchev–Trinajstić information content (AvgIpc) is 3.26. The largest absolute Gasteiger partial charge is 0.343 e. The number of likely N-dealkylation sites (tertiary alicyclic amines) is 1. The van der Waals surface area contributed by atoms with Crippen molar-refractivity contribution in [3.05, 3.63) is 30.3 Å². The molecule has 3 fully saturated rings. The first-order valence-corrected chi connectivity index (χ1v) is 9.77. The van der Waals surface area contributed by atoms with Crippen molar-refractivity contribution in [2.75, 3.05) is 18.0 Å². The summed E-state index contributed by atoms with van der Waals surface area (Å²) < 4.78 is 0. The fourth-order valence-corrected chi connectivity index (χ4v) is 5.27. The van der Waals surface area contributed by atoms with Gasteiger partial charge in [-0.3, -0.25) is 9.59 Å². The van der Waals surface area contributed by atoms with Crippen molar-refractivity contribution in [1.82, 2.24) is 4.90 Å². The summed E-state index contributed by atoms with van der Waals surface area (Å²) in [5.74, 6) is 2.06. The maximum atomic E-state index is 13.5. The Morgan fingerprint density at radius 2 is 1.72 bits per heavy atom. The fraction of sp³-hybridized carbons (Fsp3) is 0.619. The molecule has 4 rings (SSSR count). The van der Waals surface area contributed by atoms with Crippen LogP contribution < -0.4 is 4.90 Å². The van der Waals surface area contributed by atoms with Gasteiger partial charge in [-0.15, -0.1) is 0 Å². The Bertz CT molecular complexity index is 637. The van der Waals surface area contributed by atoms with E-state index < -0.39 is 0 Å². The maximum absolute atomic E-state index is 13.5. The van der Waals surface area contributed by atoms with E-state index in [9.17, 15) is 9.59 Å². The van der Waals surface area contributed by atoms with Gasteiger partial charge in [-0.2, -0.15) is 0 Å². The SMILES string of the molecule is CC(=O)N1CCC(N(C(=O)[C@H]2C[C@H]3CC[C@H]2C3)c2ccccc2)CC1. The zero-order chi connectivity index (χ0) is 17.4. The second-order valence-electron chi connectivity index (χ2n) is 8.06. The highest BCUT2D eigenvalue weighted by Gasteiger charge is 2.45. The molecule has 1 aliphatic heterocycles. The minimum atomic E-state index is 0.143. The second-order valence-corrected chi connectivity index (χ2v) is 8.06. The number of carbonyl (C=O) groups is 2. The zero-order valence-corrected chi connectivity index (χ0v) is 15.1. The van der Waals surface area contributed by atoms with E-state index in [1.807, 2.05) is 23.1 Å². The molecule has 0 radical (unpaired) electrons. The summed E-state index contributed by atoms with van der Waals surface area (Å²) in [6.45, 7) is 3.15. The molecule has 3 aliphatic rings. The number of piperidine rings is 1. The van der Waals surface area contributed by atoms with Crippen LogP contribution in [-0.4, -0.2) is 35.8 Å². The molecular weight excluding hydrogens is 312 g/mol. The van der Waals surface area contributed by atoms with Crippen molar-refractivity contribution in [2.24, 2.45) is 17.8 Å². The summed E-state index contributed by atoms with van der Waals surface area (Å²) in [4.78, 5) is 29.1. The minimum absolute atomic E-state index is 0.143. The minimum Gasteiger partial charge on any atom is -0.343 e. The summed E-state index contributed by atoms with van der Waals surface area (Å²) in [6.07, 6.45) is 6.63. The standard InChI is InChI=1S/C21H28N2O2/c1-15(24)22-11-9-19(10-12-22)23(18-5-3-2-4-6-18)21(25)20-14-16-7-8-17(20)13-16/h2-6,16-17,19-20H,7-14H2,1H3/t16-,17-,20-/m0/s1. The summed E-state index contributed by atoms with van der Waals surface area (Å²) in [5.41, 5.74) is 1.02. The summed E-state index contributed by atoms with van der Waals surface area (Å²) in [7, 11) is 0. The molecule has 2 bridgehead atoms. The molecule has 1 heterocycles. The fourth-order valence-electron chi connectivity index (χ4n) is 5.27. The van der Waals surface area contributed by atoms with E-state index in [0.29, 0.717) is 11.8 Å². The molecule has 4 nitrogen and oxygen atoms in total. The monoisotopic (exact) mass is 340 g/mol. The van der Waals surface area contributed by atoms with E-state index in [-0.39, 0.29) is 17.9 Å². The number of para-hydroxylation sites is 1. The molecule has 0 aromatic heterocycles. The maximum Gasteiger partial charge on any atom is 0.230 e. The topological polar surface area (TPSA) is 40.6 Å². The lowest BCUT2D eigenvalue weighted by Crippen LogP contribution is -2.50. The Balaban J connectivity index is 1.55. The Kier molecular flexibility index (Phi) is 4.53. The Morgan fingerprint density at radius 3 is 2.28 bits per heavy atom. The van der Waals surface area contributed by atoms with Crippen LogP contribution in [0.15, 0.2) is 30.3 Å². The molecule has 2 saturated carbocycles. The number of rotatable bonds is 3. The highest BCUT2D eigenvalue weighted by atomic mass is 16.2. The van der Waals surface area contributed by atoms with Crippen molar-refractivity contribution in [2.45, 2.75) is 51.5 Å². The van der Waals surface area contributed by atoms with Gasteiger partial charge in [0.15, 0.2) is 0 Å². The molecule has 4 heteroatoms. The molecule has 2 amide bonds. The van der Waals surface area contributed by atoms with Gasteiger partial charge in [-0.05, 0) is 56.1 Å². The van der Waals surface area contributed by atoms with Crippen LogP contribution in [0.4, 0.5) is 5.69 Å². The highest BCUT2D eigenvalue weighted by Crippen LogP contribution is 2.49. The molecule has 0 unspecified atom stereocenters. The van der Waals surface area contributed by atoms with Gasteiger partial charge < -0.3 is 9.80 Å². The van der Waals surface area contributed by atoms with Gasteiger partial charge in [0.2, 0.25) is 11.8 Å². The predicted molar refractivity (Wildman–Crippen MR) is 98.1 cm³/mol. The van der Waals surface area contributed by atoms with Crippen LogP contribution in [-0.2, 0) is 9.59 Å². The van der Waals surface area contributed by atoms with E-state index >= 15 is 0 Å². The summed E-state index contributed by atoms with van der Waals surface area (Å²) in [6, 6.07) is 10.4. The van der Waals surface area contributed by atoms with E-state index in [1.165, 1.54) is 19.3 Å². The lowest BCUT2D eigenvalue weighted by Gasteiger charge is -2.40. The number of anilines is 1. The molecular formula is C21H28N2O2. The Morgan fingerprint density at radius 1 is 1.00 bits per heavy atom. The number of hydrogen-bond donors (Lipinski definition) is 0. The van der Waals surface area contributed by atoms with Crippen molar-refractivity contribution in [3.8, 4) is 0 Å². The molecule has 1 saturated heterocycles. The summed E-state index contributed by atoms with van der Waals surface area (Å²) >= 11 is 0. The van der Waals surface area contributed by atoms with Gasteiger partial charge in [-0.25, -0.2) is 0 Å². The van der Waals surface area contributed by atoms with Crippen molar-refractivity contribution in [1.29, 1.82) is 0 Å². The number of amides is 2. The van der Waals surface area contributed by atoms with E-state index in [0.717, 1.165) is 44.0 Å². The van der Waals surface area contributed by atoms with Crippen LogP contribution in [0.1, 0.15) is 45.4 Å². The molecule has 3 atom stereocenters. The predicted octanol–water partition coefficient (Wildman–Crippen LogP) is 3.47. The third kappa shape index (κ3) is 3.19. The Labute approximate surface area is 150 Å². The van der Waals surface area contributed by atoms with Crippen LogP contribution in [0.5, 0.6) is 0 Å². The average molecular weight is 340 g/mol. The molecule has 134 valence electrons.